The van der Waals surface area contributed by atoms with Crippen LogP contribution in [0.15, 0.2) is 69.9 Å². The molecular weight excluding hydrogens is 449 g/mol. The molecule has 3 aromatic carbocycles. The van der Waals surface area contributed by atoms with Crippen LogP contribution in [0.3, 0.4) is 0 Å². The third-order valence-electron chi connectivity index (χ3n) is 5.54. The van der Waals surface area contributed by atoms with E-state index in [2.05, 4.69) is 0 Å². The van der Waals surface area contributed by atoms with Crippen LogP contribution in [0.5, 0.6) is 11.5 Å². The first kappa shape index (κ1) is 21.0. The third kappa shape index (κ3) is 3.41. The lowest BCUT2D eigenvalue weighted by atomic mass is 9.97. The van der Waals surface area contributed by atoms with Crippen molar-refractivity contribution in [2.75, 3.05) is 11.5 Å². The summed E-state index contributed by atoms with van der Waals surface area (Å²) in [6.07, 6.45) is 0. The maximum atomic E-state index is 13.6. The van der Waals surface area contributed by atoms with Gasteiger partial charge >= 0.3 is 0 Å². The van der Waals surface area contributed by atoms with E-state index >= 15 is 0 Å². The number of phenols is 1. The molecule has 4 aromatic rings. The molecule has 8 heteroatoms. The summed E-state index contributed by atoms with van der Waals surface area (Å²) in [6.45, 7) is 2.08. The summed E-state index contributed by atoms with van der Waals surface area (Å²) in [6, 6.07) is 13.7. The standard InChI is InChI=1S/C25H17ClFNO5/c1-2-32-20-11-13(3-9-18(20)29)22-21-23(30)17-12-14(26)4-10-19(17)33-24(21)25(31)28(22)16-7-5-15(27)6-8-16/h3-12,22,29H,2H2,1H3/t22-/m0/s1. The predicted molar refractivity (Wildman–Crippen MR) is 122 cm³/mol. The monoisotopic (exact) mass is 465 g/mol. The number of carbonyl (C=O) groups is 1. The van der Waals surface area contributed by atoms with Gasteiger partial charge in [-0.1, -0.05) is 17.7 Å². The summed E-state index contributed by atoms with van der Waals surface area (Å²) in [5, 5.41) is 10.7. The number of hydrogen-bond donors (Lipinski definition) is 1. The fourth-order valence-electron chi connectivity index (χ4n) is 4.10. The number of ether oxygens (including phenoxy) is 1. The lowest BCUT2D eigenvalue weighted by Crippen LogP contribution is -2.29. The number of halogens is 2. The van der Waals surface area contributed by atoms with Crippen LogP contribution in [0.25, 0.3) is 11.0 Å². The molecule has 6 nitrogen and oxygen atoms in total. The molecule has 1 N–H and O–H groups in total. The molecule has 0 fully saturated rings. The smallest absolute Gasteiger partial charge is 0.295 e. The van der Waals surface area contributed by atoms with Gasteiger partial charge in [0.2, 0.25) is 5.76 Å². The first-order valence-electron chi connectivity index (χ1n) is 10.2. The first-order valence-corrected chi connectivity index (χ1v) is 10.6. The van der Waals surface area contributed by atoms with Crippen LogP contribution in [0, 0.1) is 5.82 Å². The van der Waals surface area contributed by atoms with Crippen molar-refractivity contribution in [3.63, 3.8) is 0 Å². The van der Waals surface area contributed by atoms with E-state index < -0.39 is 23.2 Å². The van der Waals surface area contributed by atoms with Crippen molar-refractivity contribution in [1.82, 2.24) is 0 Å². The molecule has 0 saturated heterocycles. The molecule has 1 aliphatic heterocycles. The van der Waals surface area contributed by atoms with E-state index in [1.807, 2.05) is 0 Å². The predicted octanol–water partition coefficient (Wildman–Crippen LogP) is 5.44. The zero-order valence-electron chi connectivity index (χ0n) is 17.3. The number of aromatic hydroxyl groups is 1. The van der Waals surface area contributed by atoms with E-state index in [-0.39, 0.29) is 33.8 Å². The second-order valence-electron chi connectivity index (χ2n) is 7.53. The second kappa shape index (κ2) is 7.94. The molecule has 0 aliphatic carbocycles. The topological polar surface area (TPSA) is 80.0 Å². The van der Waals surface area contributed by atoms with Crippen molar-refractivity contribution in [2.24, 2.45) is 0 Å². The molecule has 0 saturated carbocycles. The van der Waals surface area contributed by atoms with Crippen molar-refractivity contribution in [1.29, 1.82) is 0 Å². The Labute approximate surface area is 192 Å². The van der Waals surface area contributed by atoms with Gasteiger partial charge in [-0.05, 0) is 67.1 Å². The Morgan fingerprint density at radius 2 is 1.85 bits per heavy atom. The number of rotatable bonds is 4. The summed E-state index contributed by atoms with van der Waals surface area (Å²) in [5.74, 6) is -0.965. The molecule has 1 aliphatic rings. The van der Waals surface area contributed by atoms with E-state index in [4.69, 9.17) is 20.8 Å². The molecule has 33 heavy (non-hydrogen) atoms. The minimum Gasteiger partial charge on any atom is -0.504 e. The summed E-state index contributed by atoms with van der Waals surface area (Å²) in [4.78, 5) is 28.4. The number of amides is 1. The normalized spacial score (nSPS) is 15.2. The van der Waals surface area contributed by atoms with E-state index in [1.165, 1.54) is 47.4 Å². The van der Waals surface area contributed by atoms with Crippen LogP contribution < -0.4 is 15.1 Å². The van der Waals surface area contributed by atoms with Gasteiger partial charge in [0, 0.05) is 10.7 Å². The SMILES string of the molecule is CCOc1cc([C@H]2c3c(oc4ccc(Cl)cc4c3=O)C(=O)N2c2ccc(F)cc2)ccc1O. The van der Waals surface area contributed by atoms with Crippen molar-refractivity contribution in [2.45, 2.75) is 13.0 Å². The summed E-state index contributed by atoms with van der Waals surface area (Å²) < 4.78 is 25.0. The maximum absolute atomic E-state index is 13.6. The zero-order chi connectivity index (χ0) is 23.3. The van der Waals surface area contributed by atoms with E-state index in [1.54, 1.807) is 25.1 Å². The summed E-state index contributed by atoms with van der Waals surface area (Å²) in [7, 11) is 0. The van der Waals surface area contributed by atoms with Gasteiger partial charge in [0.25, 0.3) is 5.91 Å². The number of fused-ring (bicyclic) bond motifs is 2. The van der Waals surface area contributed by atoms with Gasteiger partial charge in [0.1, 0.15) is 11.4 Å². The fraction of sp³-hybridized carbons (Fsp3) is 0.120. The van der Waals surface area contributed by atoms with E-state index in [0.29, 0.717) is 22.9 Å². The van der Waals surface area contributed by atoms with Gasteiger partial charge in [0.05, 0.1) is 23.6 Å². The van der Waals surface area contributed by atoms with Crippen LogP contribution in [-0.4, -0.2) is 17.6 Å². The van der Waals surface area contributed by atoms with Crippen LogP contribution >= 0.6 is 11.6 Å². The van der Waals surface area contributed by atoms with E-state index in [0.717, 1.165) is 0 Å². The van der Waals surface area contributed by atoms with Gasteiger partial charge < -0.3 is 14.3 Å². The molecule has 166 valence electrons. The first-order chi connectivity index (χ1) is 15.9. The fourth-order valence-corrected chi connectivity index (χ4v) is 4.27. The maximum Gasteiger partial charge on any atom is 0.295 e. The van der Waals surface area contributed by atoms with Gasteiger partial charge in [-0.2, -0.15) is 0 Å². The van der Waals surface area contributed by atoms with Crippen molar-refractivity contribution in [3.8, 4) is 11.5 Å². The Balaban J connectivity index is 1.80. The van der Waals surface area contributed by atoms with Crippen molar-refractivity contribution < 1.29 is 23.4 Å². The number of phenolic OH excluding ortho intramolecular Hbond substituents is 1. The molecule has 2 heterocycles. The molecule has 0 radical (unpaired) electrons. The van der Waals surface area contributed by atoms with Gasteiger partial charge in [-0.3, -0.25) is 14.5 Å². The molecule has 5 rings (SSSR count). The highest BCUT2D eigenvalue weighted by Crippen LogP contribution is 2.43. The van der Waals surface area contributed by atoms with E-state index in [9.17, 15) is 19.1 Å². The molecule has 1 aromatic heterocycles. The number of nitrogens with zero attached hydrogens (tertiary/aromatic N) is 1. The lowest BCUT2D eigenvalue weighted by Gasteiger charge is -2.25. The third-order valence-corrected chi connectivity index (χ3v) is 5.77. The minimum atomic E-state index is -0.891. The highest BCUT2D eigenvalue weighted by Gasteiger charge is 2.44. The van der Waals surface area contributed by atoms with Gasteiger partial charge in [-0.25, -0.2) is 4.39 Å². The average Bonchev–Trinajstić information content (AvgIpc) is 3.09. The van der Waals surface area contributed by atoms with Crippen LogP contribution in [0.1, 0.15) is 34.6 Å². The molecule has 0 spiro atoms. The molecule has 1 atom stereocenters. The number of anilines is 1. The Morgan fingerprint density at radius 1 is 1.09 bits per heavy atom. The second-order valence-corrected chi connectivity index (χ2v) is 7.97. The quantitative estimate of drug-likeness (QED) is 0.434. The number of carbonyl (C=O) groups excluding carboxylic acids is 1. The summed E-state index contributed by atoms with van der Waals surface area (Å²) in [5.41, 5.74) is 0.860. The van der Waals surface area contributed by atoms with Crippen molar-refractivity contribution in [3.05, 3.63) is 98.6 Å². The van der Waals surface area contributed by atoms with Gasteiger partial charge in [-0.15, -0.1) is 0 Å². The summed E-state index contributed by atoms with van der Waals surface area (Å²) >= 11 is 6.10. The molecule has 0 unspecified atom stereocenters. The molecule has 0 bridgehead atoms. The largest absolute Gasteiger partial charge is 0.504 e. The Kier molecular flexibility index (Phi) is 5.06. The zero-order valence-corrected chi connectivity index (χ0v) is 18.1. The van der Waals surface area contributed by atoms with Gasteiger partial charge in [0.15, 0.2) is 16.9 Å². The van der Waals surface area contributed by atoms with Crippen LogP contribution in [-0.2, 0) is 0 Å². The number of benzene rings is 3. The Morgan fingerprint density at radius 3 is 2.58 bits per heavy atom. The number of hydrogen-bond acceptors (Lipinski definition) is 5. The molecule has 1 amide bonds. The lowest BCUT2D eigenvalue weighted by molar-refractivity contribution is 0.0971. The van der Waals surface area contributed by atoms with Crippen LogP contribution in [0.4, 0.5) is 10.1 Å². The highest BCUT2D eigenvalue weighted by atomic mass is 35.5. The highest BCUT2D eigenvalue weighted by molar-refractivity contribution is 6.31. The molecular formula is C25H17ClFNO5. The van der Waals surface area contributed by atoms with Crippen LogP contribution in [0.2, 0.25) is 5.02 Å². The van der Waals surface area contributed by atoms with Crippen molar-refractivity contribution >= 4 is 34.2 Å². The average molecular weight is 466 g/mol. The Hall–Kier alpha value is -3.84. The Bertz CT molecular complexity index is 1460. The minimum absolute atomic E-state index is 0.0733.